The molecular weight excluding hydrogens is 248 g/mol. The van der Waals surface area contributed by atoms with Crippen molar-refractivity contribution >= 4 is 5.82 Å². The minimum absolute atomic E-state index is 0.363. The number of nitrogens with one attached hydrogen (secondary N) is 2. The fraction of sp³-hybridized carbons (Fsp3) is 0.625. The van der Waals surface area contributed by atoms with E-state index in [4.69, 9.17) is 0 Å². The summed E-state index contributed by atoms with van der Waals surface area (Å²) in [6.45, 7) is 5.02. The molecule has 1 aliphatic heterocycles. The zero-order valence-corrected chi connectivity index (χ0v) is 12.3. The van der Waals surface area contributed by atoms with Gasteiger partial charge in [-0.25, -0.2) is 4.98 Å². The van der Waals surface area contributed by atoms with Gasteiger partial charge in [0, 0.05) is 17.3 Å². The molecule has 4 nitrogen and oxygen atoms in total. The lowest BCUT2D eigenvalue weighted by molar-refractivity contribution is 0.135. The predicted octanol–water partition coefficient (Wildman–Crippen LogP) is 2.66. The second-order valence-electron chi connectivity index (χ2n) is 6.31. The maximum Gasteiger partial charge on any atom is 0.144 e. The van der Waals surface area contributed by atoms with E-state index in [0.717, 1.165) is 36.5 Å². The molecule has 0 amide bonds. The Morgan fingerprint density at radius 3 is 2.90 bits per heavy atom. The smallest absolute Gasteiger partial charge is 0.144 e. The van der Waals surface area contributed by atoms with Gasteiger partial charge in [-0.2, -0.15) is 5.26 Å². The molecular formula is C16H22N4. The van der Waals surface area contributed by atoms with Crippen LogP contribution in [0.2, 0.25) is 0 Å². The first-order chi connectivity index (χ1) is 9.62. The van der Waals surface area contributed by atoms with E-state index in [1.165, 1.54) is 19.3 Å². The number of piperidine rings is 1. The molecule has 1 saturated heterocycles. The van der Waals surface area contributed by atoms with Crippen molar-refractivity contribution in [2.24, 2.45) is 0 Å². The highest BCUT2D eigenvalue weighted by molar-refractivity contribution is 5.57. The SMILES string of the molecule is Cc1cc(C)c(C#N)c(NC2CCNC3(CCC3)C2)n1. The van der Waals surface area contributed by atoms with E-state index in [1.54, 1.807) is 0 Å². The molecule has 2 N–H and O–H groups in total. The predicted molar refractivity (Wildman–Crippen MR) is 79.7 cm³/mol. The fourth-order valence-electron chi connectivity index (χ4n) is 3.54. The molecule has 1 aliphatic carbocycles. The minimum atomic E-state index is 0.363. The Kier molecular flexibility index (Phi) is 3.39. The number of nitriles is 1. The molecule has 1 aromatic rings. The molecule has 1 saturated carbocycles. The van der Waals surface area contributed by atoms with E-state index in [0.29, 0.717) is 17.1 Å². The Labute approximate surface area is 120 Å². The lowest BCUT2D eigenvalue weighted by Gasteiger charge is -2.48. The van der Waals surface area contributed by atoms with Crippen LogP contribution in [0.3, 0.4) is 0 Å². The average Bonchev–Trinajstić information content (AvgIpc) is 2.37. The topological polar surface area (TPSA) is 60.7 Å². The van der Waals surface area contributed by atoms with Crippen molar-refractivity contribution in [3.63, 3.8) is 0 Å². The molecule has 0 bridgehead atoms. The van der Waals surface area contributed by atoms with Crippen molar-refractivity contribution in [1.82, 2.24) is 10.3 Å². The molecule has 4 heteroatoms. The summed E-state index contributed by atoms with van der Waals surface area (Å²) in [6.07, 6.45) is 6.16. The molecule has 1 unspecified atom stereocenters. The molecule has 2 heterocycles. The lowest BCUT2D eigenvalue weighted by atomic mass is 9.70. The van der Waals surface area contributed by atoms with Crippen LogP contribution in [0, 0.1) is 25.2 Å². The van der Waals surface area contributed by atoms with Crippen molar-refractivity contribution < 1.29 is 0 Å². The first-order valence-corrected chi connectivity index (χ1v) is 7.52. The van der Waals surface area contributed by atoms with Crippen LogP contribution in [-0.4, -0.2) is 23.1 Å². The standard InChI is InChI=1S/C16H22N4/c1-11-8-12(2)19-15(14(11)10-17)20-13-4-7-18-16(9-13)5-3-6-16/h8,13,18H,3-7,9H2,1-2H3,(H,19,20). The Morgan fingerprint density at radius 1 is 1.45 bits per heavy atom. The summed E-state index contributed by atoms with van der Waals surface area (Å²) >= 11 is 0. The number of hydrogen-bond donors (Lipinski definition) is 2. The quantitative estimate of drug-likeness (QED) is 0.867. The van der Waals surface area contributed by atoms with E-state index in [2.05, 4.69) is 21.7 Å². The molecule has 1 atom stereocenters. The first-order valence-electron chi connectivity index (χ1n) is 7.52. The Bertz CT molecular complexity index is 554. The molecule has 3 rings (SSSR count). The van der Waals surface area contributed by atoms with E-state index >= 15 is 0 Å². The number of aromatic nitrogens is 1. The summed E-state index contributed by atoms with van der Waals surface area (Å²) in [4.78, 5) is 4.54. The third-order valence-corrected chi connectivity index (χ3v) is 4.74. The monoisotopic (exact) mass is 270 g/mol. The van der Waals surface area contributed by atoms with Crippen molar-refractivity contribution in [2.75, 3.05) is 11.9 Å². The van der Waals surface area contributed by atoms with E-state index in [1.807, 2.05) is 19.9 Å². The zero-order valence-electron chi connectivity index (χ0n) is 12.3. The van der Waals surface area contributed by atoms with Crippen LogP contribution in [-0.2, 0) is 0 Å². The summed E-state index contributed by atoms with van der Waals surface area (Å²) in [5, 5.41) is 16.5. The Morgan fingerprint density at radius 2 is 2.25 bits per heavy atom. The second kappa shape index (κ2) is 5.06. The summed E-state index contributed by atoms with van der Waals surface area (Å²) in [5.41, 5.74) is 3.03. The van der Waals surface area contributed by atoms with Gasteiger partial charge in [-0.05, 0) is 64.1 Å². The molecule has 2 fully saturated rings. The maximum atomic E-state index is 9.34. The number of pyridine rings is 1. The molecule has 0 radical (unpaired) electrons. The van der Waals surface area contributed by atoms with Gasteiger partial charge in [-0.3, -0.25) is 0 Å². The number of hydrogen-bond acceptors (Lipinski definition) is 4. The highest BCUT2D eigenvalue weighted by Crippen LogP contribution is 2.39. The summed E-state index contributed by atoms with van der Waals surface area (Å²) < 4.78 is 0. The molecule has 20 heavy (non-hydrogen) atoms. The first kappa shape index (κ1) is 13.4. The molecule has 106 valence electrons. The number of anilines is 1. The fourth-order valence-corrected chi connectivity index (χ4v) is 3.54. The van der Waals surface area contributed by atoms with Gasteiger partial charge in [0.25, 0.3) is 0 Å². The van der Waals surface area contributed by atoms with Gasteiger partial charge in [-0.15, -0.1) is 0 Å². The minimum Gasteiger partial charge on any atom is -0.366 e. The van der Waals surface area contributed by atoms with Gasteiger partial charge in [0.05, 0.1) is 5.56 Å². The van der Waals surface area contributed by atoms with Gasteiger partial charge in [0.2, 0.25) is 0 Å². The molecule has 2 aliphatic rings. The van der Waals surface area contributed by atoms with Crippen molar-refractivity contribution in [3.8, 4) is 6.07 Å². The molecule has 1 aromatic heterocycles. The van der Waals surface area contributed by atoms with Gasteiger partial charge in [0.15, 0.2) is 0 Å². The molecule has 0 aromatic carbocycles. The van der Waals surface area contributed by atoms with Gasteiger partial charge in [-0.1, -0.05) is 0 Å². The summed E-state index contributed by atoms with van der Waals surface area (Å²) in [6, 6.07) is 4.69. The van der Waals surface area contributed by atoms with Gasteiger partial charge < -0.3 is 10.6 Å². The van der Waals surface area contributed by atoms with Crippen LogP contribution in [0.5, 0.6) is 0 Å². The van der Waals surface area contributed by atoms with Crippen LogP contribution in [0.25, 0.3) is 0 Å². The Hall–Kier alpha value is -1.60. The third-order valence-electron chi connectivity index (χ3n) is 4.74. The van der Waals surface area contributed by atoms with Gasteiger partial charge in [0.1, 0.15) is 11.9 Å². The van der Waals surface area contributed by atoms with Crippen LogP contribution < -0.4 is 10.6 Å². The van der Waals surface area contributed by atoms with Crippen LogP contribution >= 0.6 is 0 Å². The largest absolute Gasteiger partial charge is 0.366 e. The lowest BCUT2D eigenvalue weighted by Crippen LogP contribution is -2.58. The van der Waals surface area contributed by atoms with Gasteiger partial charge >= 0.3 is 0 Å². The molecule has 1 spiro atoms. The van der Waals surface area contributed by atoms with E-state index in [9.17, 15) is 5.26 Å². The van der Waals surface area contributed by atoms with Crippen LogP contribution in [0.4, 0.5) is 5.82 Å². The van der Waals surface area contributed by atoms with E-state index in [-0.39, 0.29) is 0 Å². The van der Waals surface area contributed by atoms with Crippen LogP contribution in [0.1, 0.15) is 48.9 Å². The van der Waals surface area contributed by atoms with Crippen molar-refractivity contribution in [2.45, 2.75) is 57.5 Å². The summed E-state index contributed by atoms with van der Waals surface area (Å²) in [5.74, 6) is 0.770. The van der Waals surface area contributed by atoms with Crippen molar-refractivity contribution in [3.05, 3.63) is 22.9 Å². The maximum absolute atomic E-state index is 9.34. The highest BCUT2D eigenvalue weighted by atomic mass is 15.1. The number of nitrogens with zero attached hydrogens (tertiary/aromatic N) is 2. The van der Waals surface area contributed by atoms with Crippen LogP contribution in [0.15, 0.2) is 6.07 Å². The van der Waals surface area contributed by atoms with E-state index < -0.39 is 0 Å². The third kappa shape index (κ3) is 2.38. The average molecular weight is 270 g/mol. The number of rotatable bonds is 2. The highest BCUT2D eigenvalue weighted by Gasteiger charge is 2.41. The van der Waals surface area contributed by atoms with Crippen molar-refractivity contribution in [1.29, 1.82) is 5.26 Å². The number of aryl methyl sites for hydroxylation is 2. The Balaban J connectivity index is 1.79. The normalized spacial score (nSPS) is 23.9. The summed E-state index contributed by atoms with van der Waals surface area (Å²) in [7, 11) is 0. The zero-order chi connectivity index (χ0) is 14.2. The second-order valence-corrected chi connectivity index (χ2v) is 6.31.